The number of hydrogen-bond acceptors (Lipinski definition) is 7. The summed E-state index contributed by atoms with van der Waals surface area (Å²) in [7, 11) is 1.43. The lowest BCUT2D eigenvalue weighted by molar-refractivity contribution is -0.384. The summed E-state index contributed by atoms with van der Waals surface area (Å²) in [5.41, 5.74) is 0.748. The van der Waals surface area contributed by atoms with Crippen molar-refractivity contribution in [1.29, 1.82) is 0 Å². The van der Waals surface area contributed by atoms with E-state index in [-0.39, 0.29) is 17.9 Å². The van der Waals surface area contributed by atoms with Crippen LogP contribution in [0.4, 0.5) is 15.8 Å². The molecule has 0 atom stereocenters. The Hall–Kier alpha value is -3.20. The largest absolute Gasteiger partial charge is 0.496 e. The monoisotopic (exact) mass is 390 g/mol. The van der Waals surface area contributed by atoms with E-state index in [0.717, 1.165) is 0 Å². The van der Waals surface area contributed by atoms with Crippen LogP contribution >= 0.6 is 0 Å². The van der Waals surface area contributed by atoms with E-state index in [2.05, 4.69) is 0 Å². The lowest BCUT2D eigenvalue weighted by Gasteiger charge is -2.30. The number of nitro benzene ring substituents is 1. The Morgan fingerprint density at radius 3 is 2.68 bits per heavy atom. The molecule has 0 aromatic heterocycles. The first kappa shape index (κ1) is 19.6. The van der Waals surface area contributed by atoms with Crippen LogP contribution < -0.4 is 9.64 Å². The lowest BCUT2D eigenvalue weighted by Crippen LogP contribution is -2.37. The van der Waals surface area contributed by atoms with Crippen molar-refractivity contribution in [2.45, 2.75) is 6.61 Å². The molecule has 9 heteroatoms. The maximum atomic E-state index is 13.5. The van der Waals surface area contributed by atoms with Crippen molar-refractivity contribution in [2.75, 3.05) is 38.3 Å². The highest BCUT2D eigenvalue weighted by Gasteiger charge is 2.23. The smallest absolute Gasteiger partial charge is 0.340 e. The fourth-order valence-corrected chi connectivity index (χ4v) is 2.96. The number of hydrogen-bond donors (Lipinski definition) is 0. The van der Waals surface area contributed by atoms with E-state index in [1.807, 2.05) is 4.90 Å². The molecule has 2 aromatic carbocycles. The maximum absolute atomic E-state index is 13.5. The number of methoxy groups -OCH3 is 1. The Morgan fingerprint density at radius 1 is 1.25 bits per heavy atom. The second-order valence-electron chi connectivity index (χ2n) is 6.09. The van der Waals surface area contributed by atoms with Gasteiger partial charge in [-0.1, -0.05) is 0 Å². The van der Waals surface area contributed by atoms with Gasteiger partial charge in [0, 0.05) is 30.8 Å². The van der Waals surface area contributed by atoms with Crippen molar-refractivity contribution in [2.24, 2.45) is 0 Å². The zero-order chi connectivity index (χ0) is 20.1. The zero-order valence-electron chi connectivity index (χ0n) is 15.2. The van der Waals surface area contributed by atoms with Crippen LogP contribution in [0.5, 0.6) is 5.75 Å². The van der Waals surface area contributed by atoms with E-state index in [0.29, 0.717) is 43.3 Å². The van der Waals surface area contributed by atoms with Gasteiger partial charge in [0.15, 0.2) is 0 Å². The number of nitro groups is 1. The minimum atomic E-state index is -0.739. The SMILES string of the molecule is COc1ccc(F)cc1COC(=O)c1cc([N+](=O)[O-])ccc1N1CCOCC1. The van der Waals surface area contributed by atoms with Gasteiger partial charge in [-0.2, -0.15) is 0 Å². The molecule has 1 saturated heterocycles. The molecule has 1 aliphatic heterocycles. The Morgan fingerprint density at radius 2 is 2.00 bits per heavy atom. The molecule has 1 aliphatic rings. The van der Waals surface area contributed by atoms with Crippen LogP contribution in [-0.4, -0.2) is 44.3 Å². The number of carbonyl (C=O) groups excluding carboxylic acids is 1. The van der Waals surface area contributed by atoms with Crippen molar-refractivity contribution in [1.82, 2.24) is 0 Å². The number of carbonyl (C=O) groups is 1. The Bertz CT molecular complexity index is 883. The maximum Gasteiger partial charge on any atom is 0.340 e. The normalized spacial score (nSPS) is 13.9. The van der Waals surface area contributed by atoms with E-state index in [4.69, 9.17) is 14.2 Å². The molecule has 2 aromatic rings. The third kappa shape index (κ3) is 4.37. The van der Waals surface area contributed by atoms with Crippen molar-refractivity contribution < 1.29 is 28.3 Å². The van der Waals surface area contributed by atoms with Crippen LogP contribution in [0.3, 0.4) is 0 Å². The third-order valence-corrected chi connectivity index (χ3v) is 4.36. The number of esters is 1. The molecule has 0 amide bonds. The number of benzene rings is 2. The Labute approximate surface area is 160 Å². The van der Waals surface area contributed by atoms with Gasteiger partial charge in [-0.3, -0.25) is 10.1 Å². The molecule has 0 N–H and O–H groups in total. The number of nitrogens with zero attached hydrogens (tertiary/aromatic N) is 2. The van der Waals surface area contributed by atoms with Gasteiger partial charge in [0.2, 0.25) is 0 Å². The minimum Gasteiger partial charge on any atom is -0.496 e. The second kappa shape index (κ2) is 8.66. The molecule has 148 valence electrons. The summed E-state index contributed by atoms with van der Waals surface area (Å²) in [4.78, 5) is 25.2. The standard InChI is InChI=1S/C19H19FN2O6/c1-26-18-5-2-14(20)10-13(18)12-28-19(23)16-11-15(22(24)25)3-4-17(16)21-6-8-27-9-7-21/h2-5,10-11H,6-9,12H2,1H3. The molecule has 0 saturated carbocycles. The fraction of sp³-hybridized carbons (Fsp3) is 0.316. The summed E-state index contributed by atoms with van der Waals surface area (Å²) in [5.74, 6) is -0.852. The van der Waals surface area contributed by atoms with Gasteiger partial charge in [-0.05, 0) is 24.3 Å². The van der Waals surface area contributed by atoms with Crippen LogP contribution in [0.25, 0.3) is 0 Å². The highest BCUT2D eigenvalue weighted by Crippen LogP contribution is 2.28. The number of halogens is 1. The van der Waals surface area contributed by atoms with E-state index >= 15 is 0 Å². The number of morpholine rings is 1. The average Bonchev–Trinajstić information content (AvgIpc) is 2.72. The first-order valence-corrected chi connectivity index (χ1v) is 8.60. The Balaban J connectivity index is 1.86. The van der Waals surface area contributed by atoms with Crippen molar-refractivity contribution in [3.63, 3.8) is 0 Å². The summed E-state index contributed by atoms with van der Waals surface area (Å²) < 4.78 is 29.3. The summed E-state index contributed by atoms with van der Waals surface area (Å²) in [6.07, 6.45) is 0. The molecule has 0 spiro atoms. The average molecular weight is 390 g/mol. The van der Waals surface area contributed by atoms with Crippen LogP contribution in [0.1, 0.15) is 15.9 Å². The van der Waals surface area contributed by atoms with Crippen LogP contribution in [0, 0.1) is 15.9 Å². The first-order chi connectivity index (χ1) is 13.5. The summed E-state index contributed by atoms with van der Waals surface area (Å²) in [5, 5.41) is 11.1. The van der Waals surface area contributed by atoms with Gasteiger partial charge in [-0.25, -0.2) is 9.18 Å². The molecule has 1 heterocycles. The minimum absolute atomic E-state index is 0.0754. The summed E-state index contributed by atoms with van der Waals surface area (Å²) in [6.45, 7) is 1.86. The van der Waals surface area contributed by atoms with Crippen molar-refractivity contribution in [3.05, 3.63) is 63.5 Å². The topological polar surface area (TPSA) is 91.1 Å². The molecule has 3 rings (SSSR count). The number of anilines is 1. The van der Waals surface area contributed by atoms with Crippen LogP contribution in [-0.2, 0) is 16.1 Å². The van der Waals surface area contributed by atoms with Crippen LogP contribution in [0.2, 0.25) is 0 Å². The molecular formula is C19H19FN2O6. The highest BCUT2D eigenvalue weighted by atomic mass is 19.1. The van der Waals surface area contributed by atoms with Gasteiger partial charge in [-0.15, -0.1) is 0 Å². The van der Waals surface area contributed by atoms with Gasteiger partial charge in [0.05, 0.1) is 36.5 Å². The molecule has 28 heavy (non-hydrogen) atoms. The molecule has 8 nitrogen and oxygen atoms in total. The summed E-state index contributed by atoms with van der Waals surface area (Å²) >= 11 is 0. The van der Waals surface area contributed by atoms with Gasteiger partial charge in [0.25, 0.3) is 5.69 Å². The summed E-state index contributed by atoms with van der Waals surface area (Å²) in [6, 6.07) is 7.95. The lowest BCUT2D eigenvalue weighted by atomic mass is 10.1. The molecule has 1 fully saturated rings. The van der Waals surface area contributed by atoms with Gasteiger partial charge < -0.3 is 19.1 Å². The van der Waals surface area contributed by atoms with Crippen LogP contribution in [0.15, 0.2) is 36.4 Å². The quantitative estimate of drug-likeness (QED) is 0.425. The van der Waals surface area contributed by atoms with Gasteiger partial charge >= 0.3 is 5.97 Å². The predicted octanol–water partition coefficient (Wildman–Crippen LogP) is 2.94. The zero-order valence-corrected chi connectivity index (χ0v) is 15.2. The van der Waals surface area contributed by atoms with Crippen molar-refractivity contribution >= 4 is 17.3 Å². The fourth-order valence-electron chi connectivity index (χ4n) is 2.96. The number of non-ortho nitro benzene ring substituents is 1. The Kier molecular flexibility index (Phi) is 6.05. The van der Waals surface area contributed by atoms with E-state index < -0.39 is 16.7 Å². The molecule has 0 bridgehead atoms. The van der Waals surface area contributed by atoms with E-state index in [1.165, 1.54) is 43.5 Å². The molecular weight excluding hydrogens is 371 g/mol. The number of rotatable bonds is 6. The molecule has 0 radical (unpaired) electrons. The van der Waals surface area contributed by atoms with E-state index in [1.54, 1.807) is 0 Å². The highest BCUT2D eigenvalue weighted by molar-refractivity contribution is 5.96. The van der Waals surface area contributed by atoms with Crippen molar-refractivity contribution in [3.8, 4) is 5.75 Å². The van der Waals surface area contributed by atoms with E-state index in [9.17, 15) is 19.3 Å². The number of ether oxygens (including phenoxy) is 3. The molecule has 0 unspecified atom stereocenters. The third-order valence-electron chi connectivity index (χ3n) is 4.36. The predicted molar refractivity (Wildman–Crippen MR) is 98.2 cm³/mol. The molecule has 0 aliphatic carbocycles. The second-order valence-corrected chi connectivity index (χ2v) is 6.09. The van der Waals surface area contributed by atoms with Gasteiger partial charge in [0.1, 0.15) is 18.2 Å². The first-order valence-electron chi connectivity index (χ1n) is 8.60.